The van der Waals surface area contributed by atoms with Gasteiger partial charge in [-0.3, -0.25) is 34.2 Å². The summed E-state index contributed by atoms with van der Waals surface area (Å²) in [6.07, 6.45) is 0.0409. The van der Waals surface area contributed by atoms with Crippen LogP contribution in [0.15, 0.2) is 42.5 Å². The summed E-state index contributed by atoms with van der Waals surface area (Å²) in [5.41, 5.74) is 0.209. The van der Waals surface area contributed by atoms with Gasteiger partial charge in [0.05, 0.1) is 29.2 Å². The van der Waals surface area contributed by atoms with E-state index in [1.54, 1.807) is 24.3 Å². The number of nitrogens with zero attached hydrogens (tertiary/aromatic N) is 2. The third-order valence-corrected chi connectivity index (χ3v) is 4.68. The molecule has 166 valence electrons. The Labute approximate surface area is 182 Å². The molecule has 11 nitrogen and oxygen atoms in total. The average Bonchev–Trinajstić information content (AvgIpc) is 3.03. The molecule has 0 bridgehead atoms. The number of benzene rings is 2. The molecule has 32 heavy (non-hydrogen) atoms. The number of nitro benzene ring substituents is 1. The highest BCUT2D eigenvalue weighted by atomic mass is 16.6. The van der Waals surface area contributed by atoms with Gasteiger partial charge in [-0.1, -0.05) is 12.1 Å². The SMILES string of the molecule is COc1ccc(NC(=O)COC(=O)CCCN2C(=O)c3ccccc3C2=O)c([N+](=O)[O-])c1. The maximum atomic E-state index is 12.3. The topological polar surface area (TPSA) is 145 Å². The smallest absolute Gasteiger partial charge is 0.306 e. The molecule has 3 rings (SSSR count). The normalized spacial score (nSPS) is 12.3. The first-order chi connectivity index (χ1) is 15.3. The third kappa shape index (κ3) is 4.89. The van der Waals surface area contributed by atoms with Crippen molar-refractivity contribution in [3.05, 3.63) is 63.7 Å². The van der Waals surface area contributed by atoms with E-state index in [2.05, 4.69) is 5.32 Å². The maximum Gasteiger partial charge on any atom is 0.306 e. The van der Waals surface area contributed by atoms with Crippen LogP contribution in [0.3, 0.4) is 0 Å². The number of ether oxygens (including phenoxy) is 2. The van der Waals surface area contributed by atoms with Gasteiger partial charge in [-0.2, -0.15) is 0 Å². The van der Waals surface area contributed by atoms with Crippen LogP contribution >= 0.6 is 0 Å². The number of nitro groups is 1. The molecule has 1 heterocycles. The van der Waals surface area contributed by atoms with Gasteiger partial charge in [0.15, 0.2) is 6.61 Å². The minimum absolute atomic E-state index is 0.0334. The minimum Gasteiger partial charge on any atom is -0.496 e. The lowest BCUT2D eigenvalue weighted by Crippen LogP contribution is -2.31. The van der Waals surface area contributed by atoms with Crippen LogP contribution in [0.4, 0.5) is 11.4 Å². The molecule has 1 aliphatic heterocycles. The molecule has 0 spiro atoms. The number of rotatable bonds is 9. The van der Waals surface area contributed by atoms with Crippen molar-refractivity contribution in [2.45, 2.75) is 12.8 Å². The maximum absolute atomic E-state index is 12.3. The van der Waals surface area contributed by atoms with Crippen molar-refractivity contribution in [3.63, 3.8) is 0 Å². The first-order valence-electron chi connectivity index (χ1n) is 9.55. The second-order valence-corrected chi connectivity index (χ2v) is 6.76. The predicted octanol–water partition coefficient (Wildman–Crippen LogP) is 2.16. The Morgan fingerprint density at radius 2 is 1.75 bits per heavy atom. The highest BCUT2D eigenvalue weighted by Gasteiger charge is 2.34. The van der Waals surface area contributed by atoms with E-state index in [4.69, 9.17) is 9.47 Å². The summed E-state index contributed by atoms with van der Waals surface area (Å²) in [5.74, 6) is -2.05. The van der Waals surface area contributed by atoms with Crippen LogP contribution in [0.5, 0.6) is 5.75 Å². The van der Waals surface area contributed by atoms with Crippen molar-refractivity contribution >= 4 is 35.1 Å². The van der Waals surface area contributed by atoms with Gasteiger partial charge in [0.1, 0.15) is 11.4 Å². The van der Waals surface area contributed by atoms with Crippen LogP contribution in [0.2, 0.25) is 0 Å². The fourth-order valence-electron chi connectivity index (χ4n) is 3.12. The van der Waals surface area contributed by atoms with Gasteiger partial charge in [-0.05, 0) is 30.7 Å². The van der Waals surface area contributed by atoms with Crippen molar-refractivity contribution < 1.29 is 33.6 Å². The second-order valence-electron chi connectivity index (χ2n) is 6.76. The van der Waals surface area contributed by atoms with E-state index >= 15 is 0 Å². The Morgan fingerprint density at radius 3 is 2.34 bits per heavy atom. The van der Waals surface area contributed by atoms with Crippen LogP contribution in [0.25, 0.3) is 0 Å². The van der Waals surface area contributed by atoms with Crippen LogP contribution in [0, 0.1) is 10.1 Å². The molecule has 3 amide bonds. The van der Waals surface area contributed by atoms with E-state index in [1.165, 1.54) is 19.2 Å². The zero-order chi connectivity index (χ0) is 23.3. The van der Waals surface area contributed by atoms with Crippen molar-refractivity contribution in [1.29, 1.82) is 0 Å². The summed E-state index contributed by atoms with van der Waals surface area (Å²) in [4.78, 5) is 60.0. The van der Waals surface area contributed by atoms with Crippen molar-refractivity contribution in [2.75, 3.05) is 25.6 Å². The van der Waals surface area contributed by atoms with Crippen molar-refractivity contribution in [3.8, 4) is 5.75 Å². The Bertz CT molecular complexity index is 1060. The minimum atomic E-state index is -0.757. The van der Waals surface area contributed by atoms with E-state index in [1.807, 2.05) is 0 Å². The van der Waals surface area contributed by atoms with Crippen LogP contribution in [-0.2, 0) is 14.3 Å². The Morgan fingerprint density at radius 1 is 1.09 bits per heavy atom. The summed E-state index contributed by atoms with van der Waals surface area (Å²) in [6, 6.07) is 10.4. The number of hydrogen-bond donors (Lipinski definition) is 1. The fourth-order valence-corrected chi connectivity index (χ4v) is 3.12. The molecule has 0 atom stereocenters. The van der Waals surface area contributed by atoms with E-state index in [9.17, 15) is 29.3 Å². The van der Waals surface area contributed by atoms with Gasteiger partial charge in [0.2, 0.25) is 0 Å². The van der Waals surface area contributed by atoms with Crippen molar-refractivity contribution in [1.82, 2.24) is 4.90 Å². The number of anilines is 1. The molecule has 0 radical (unpaired) electrons. The van der Waals surface area contributed by atoms with E-state index in [0.29, 0.717) is 11.1 Å². The lowest BCUT2D eigenvalue weighted by molar-refractivity contribution is -0.384. The largest absolute Gasteiger partial charge is 0.496 e. The zero-order valence-corrected chi connectivity index (χ0v) is 17.0. The average molecular weight is 441 g/mol. The van der Waals surface area contributed by atoms with Crippen molar-refractivity contribution in [2.24, 2.45) is 0 Å². The van der Waals surface area contributed by atoms with Crippen LogP contribution in [0.1, 0.15) is 33.6 Å². The molecule has 0 unspecified atom stereocenters. The fraction of sp³-hybridized carbons (Fsp3) is 0.238. The second kappa shape index (κ2) is 9.69. The van der Waals surface area contributed by atoms with Crippen LogP contribution in [-0.4, -0.2) is 53.8 Å². The predicted molar refractivity (Wildman–Crippen MR) is 110 cm³/mol. The molecule has 0 aromatic heterocycles. The number of hydrogen-bond acceptors (Lipinski definition) is 8. The lowest BCUT2D eigenvalue weighted by atomic mass is 10.1. The monoisotopic (exact) mass is 441 g/mol. The molecule has 0 saturated heterocycles. The molecule has 2 aromatic carbocycles. The van der Waals surface area contributed by atoms with Gasteiger partial charge >= 0.3 is 5.97 Å². The number of carbonyl (C=O) groups is 4. The quantitative estimate of drug-likeness (QED) is 0.270. The number of carbonyl (C=O) groups excluding carboxylic acids is 4. The standard InChI is InChI=1S/C21H19N3O8/c1-31-13-8-9-16(17(11-13)24(29)30)22-18(25)12-32-19(26)7-4-10-23-20(27)14-5-2-3-6-15(14)21(23)28/h2-3,5-6,8-9,11H,4,7,10,12H2,1H3,(H,22,25). The molecular weight excluding hydrogens is 422 g/mol. The van der Waals surface area contributed by atoms with E-state index in [-0.39, 0.29) is 36.5 Å². The number of methoxy groups -OCH3 is 1. The first-order valence-corrected chi connectivity index (χ1v) is 9.55. The lowest BCUT2D eigenvalue weighted by Gasteiger charge is -2.13. The van der Waals surface area contributed by atoms with Gasteiger partial charge < -0.3 is 14.8 Å². The Hall–Kier alpha value is -4.28. The molecule has 2 aromatic rings. The summed E-state index contributed by atoms with van der Waals surface area (Å²) in [6.45, 7) is -0.610. The molecule has 1 N–H and O–H groups in total. The van der Waals surface area contributed by atoms with Crippen LogP contribution < -0.4 is 10.1 Å². The number of fused-ring (bicyclic) bond motifs is 1. The van der Waals surface area contributed by atoms with Gasteiger partial charge in [0.25, 0.3) is 23.4 Å². The molecular formula is C21H19N3O8. The summed E-state index contributed by atoms with van der Waals surface area (Å²) < 4.78 is 9.79. The third-order valence-electron chi connectivity index (χ3n) is 4.68. The number of imide groups is 1. The molecule has 0 saturated carbocycles. The summed E-state index contributed by atoms with van der Waals surface area (Å²) >= 11 is 0. The Balaban J connectivity index is 1.45. The number of amides is 3. The number of esters is 1. The highest BCUT2D eigenvalue weighted by molar-refractivity contribution is 6.21. The van der Waals surface area contributed by atoms with Gasteiger partial charge in [-0.25, -0.2) is 0 Å². The van der Waals surface area contributed by atoms with Gasteiger partial charge in [0, 0.05) is 13.0 Å². The highest BCUT2D eigenvalue weighted by Crippen LogP contribution is 2.29. The van der Waals surface area contributed by atoms with E-state index < -0.39 is 35.2 Å². The number of nitrogens with one attached hydrogen (secondary N) is 1. The zero-order valence-electron chi connectivity index (χ0n) is 17.0. The summed E-state index contributed by atoms with van der Waals surface area (Å²) in [7, 11) is 1.35. The first kappa shape index (κ1) is 22.4. The summed E-state index contributed by atoms with van der Waals surface area (Å²) in [5, 5.41) is 13.5. The molecule has 1 aliphatic rings. The van der Waals surface area contributed by atoms with E-state index in [0.717, 1.165) is 11.0 Å². The molecule has 11 heteroatoms. The van der Waals surface area contributed by atoms with Gasteiger partial charge in [-0.15, -0.1) is 0 Å². The molecule has 0 aliphatic carbocycles. The Kier molecular flexibility index (Phi) is 6.78. The molecule has 0 fully saturated rings.